The Morgan fingerprint density at radius 1 is 1.12 bits per heavy atom. The Labute approximate surface area is 200 Å². The lowest BCUT2D eigenvalue weighted by Gasteiger charge is -2.24. The molecule has 180 valence electrons. The zero-order valence-electron chi connectivity index (χ0n) is 17.6. The van der Waals surface area contributed by atoms with Crippen LogP contribution in [0.15, 0.2) is 30.3 Å². The van der Waals surface area contributed by atoms with Crippen LogP contribution in [0, 0.1) is 0 Å². The van der Waals surface area contributed by atoms with Gasteiger partial charge in [0.15, 0.2) is 17.3 Å². The monoisotopic (exact) mass is 517 g/mol. The van der Waals surface area contributed by atoms with Crippen LogP contribution >= 0.6 is 23.2 Å². The fraction of sp³-hybridized carbons (Fsp3) is 0.286. The van der Waals surface area contributed by atoms with E-state index in [-0.39, 0.29) is 44.2 Å². The average molecular weight is 518 g/mol. The summed E-state index contributed by atoms with van der Waals surface area (Å²) >= 11 is 12.5. The van der Waals surface area contributed by atoms with Crippen molar-refractivity contribution in [2.45, 2.75) is 24.8 Å². The molecular weight excluding hydrogens is 502 g/mol. The molecule has 0 amide bonds. The van der Waals surface area contributed by atoms with E-state index in [0.717, 1.165) is 4.57 Å². The molecule has 13 heteroatoms. The highest BCUT2D eigenvalue weighted by molar-refractivity contribution is 6.31. The van der Waals surface area contributed by atoms with Crippen molar-refractivity contribution in [3.63, 3.8) is 0 Å². The zero-order valence-corrected chi connectivity index (χ0v) is 19.1. The van der Waals surface area contributed by atoms with E-state index in [0.29, 0.717) is 0 Å². The molecule has 1 aliphatic heterocycles. The summed E-state index contributed by atoms with van der Waals surface area (Å²) in [5, 5.41) is 16.8. The minimum Gasteiger partial charge on any atom is -0.493 e. The maximum atomic E-state index is 13.8. The average Bonchev–Trinajstić information content (AvgIpc) is 3.16. The maximum Gasteiger partial charge on any atom is 0.452 e. The molecule has 1 N–H and O–H groups in total. The first-order chi connectivity index (χ1) is 16.0. The van der Waals surface area contributed by atoms with E-state index in [4.69, 9.17) is 37.4 Å². The second-order valence-corrected chi connectivity index (χ2v) is 8.12. The Hall–Kier alpha value is -3.02. The van der Waals surface area contributed by atoms with Gasteiger partial charge >= 0.3 is 12.1 Å². The van der Waals surface area contributed by atoms with Gasteiger partial charge in [-0.1, -0.05) is 23.2 Å². The number of nitrogens with zero attached hydrogens (tertiary/aromatic N) is 3. The van der Waals surface area contributed by atoms with Crippen molar-refractivity contribution < 1.29 is 37.3 Å². The summed E-state index contributed by atoms with van der Waals surface area (Å²) in [6.45, 7) is 0. The predicted molar refractivity (Wildman–Crippen MR) is 114 cm³/mol. The number of carboxylic acids is 1. The number of methoxy groups -OCH3 is 2. The van der Waals surface area contributed by atoms with Crippen molar-refractivity contribution in [1.82, 2.24) is 14.8 Å². The normalized spacial score (nSPS) is 17.5. The number of carbonyl (C=O) groups is 1. The zero-order chi connectivity index (χ0) is 24.8. The molecule has 8 nitrogen and oxygen atoms in total. The van der Waals surface area contributed by atoms with Crippen LogP contribution < -0.4 is 9.47 Å². The van der Waals surface area contributed by atoms with Crippen LogP contribution in [0.25, 0.3) is 5.69 Å². The van der Waals surface area contributed by atoms with E-state index in [2.05, 4.69) is 10.2 Å². The molecule has 0 spiro atoms. The molecule has 0 saturated carbocycles. The number of aliphatic carboxylic acids is 1. The maximum absolute atomic E-state index is 13.8. The SMILES string of the molecule is COc1cc(Cl)cc([C@H]2O[C@H](CC(=O)O)c3nnc(C(F)(F)F)n3-c3ccc(Cl)cc32)c1OC. The van der Waals surface area contributed by atoms with Gasteiger partial charge in [0.25, 0.3) is 0 Å². The Morgan fingerprint density at radius 2 is 1.82 bits per heavy atom. The first-order valence-corrected chi connectivity index (χ1v) is 10.4. The molecule has 0 bridgehead atoms. The van der Waals surface area contributed by atoms with Crippen molar-refractivity contribution in [3.8, 4) is 17.2 Å². The van der Waals surface area contributed by atoms with Gasteiger partial charge in [0.1, 0.15) is 12.2 Å². The molecule has 1 aliphatic rings. The first-order valence-electron chi connectivity index (χ1n) is 9.66. The number of halogens is 5. The molecule has 4 rings (SSSR count). The molecule has 0 radical (unpaired) electrons. The predicted octanol–water partition coefficient (Wildman–Crippen LogP) is 5.25. The van der Waals surface area contributed by atoms with Gasteiger partial charge < -0.3 is 19.3 Å². The van der Waals surface area contributed by atoms with Crippen molar-refractivity contribution >= 4 is 29.2 Å². The summed E-state index contributed by atoms with van der Waals surface area (Å²) in [6, 6.07) is 7.15. The smallest absolute Gasteiger partial charge is 0.452 e. The summed E-state index contributed by atoms with van der Waals surface area (Å²) in [5.74, 6) is -2.53. The fourth-order valence-corrected chi connectivity index (χ4v) is 4.25. The van der Waals surface area contributed by atoms with E-state index in [9.17, 15) is 23.1 Å². The second kappa shape index (κ2) is 8.97. The molecule has 2 heterocycles. The number of rotatable bonds is 5. The Bertz CT molecular complexity index is 1270. The van der Waals surface area contributed by atoms with Crippen LogP contribution in [0.1, 0.15) is 41.4 Å². The highest BCUT2D eigenvalue weighted by Gasteiger charge is 2.44. The van der Waals surface area contributed by atoms with E-state index in [1.54, 1.807) is 0 Å². The van der Waals surface area contributed by atoms with Crippen LogP contribution in [0.5, 0.6) is 11.5 Å². The lowest BCUT2D eigenvalue weighted by atomic mass is 9.98. The van der Waals surface area contributed by atoms with E-state index in [1.807, 2.05) is 0 Å². The molecule has 3 aromatic rings. The molecule has 2 atom stereocenters. The largest absolute Gasteiger partial charge is 0.493 e. The number of carboxylic acid groups (broad SMARTS) is 1. The molecule has 0 aliphatic carbocycles. The number of hydrogen-bond acceptors (Lipinski definition) is 6. The lowest BCUT2D eigenvalue weighted by Crippen LogP contribution is -2.17. The minimum absolute atomic E-state index is 0.00982. The van der Waals surface area contributed by atoms with E-state index < -0.39 is 36.6 Å². The molecule has 0 saturated heterocycles. The Balaban J connectivity index is 2.06. The number of fused-ring (bicyclic) bond motifs is 3. The van der Waals surface area contributed by atoms with Crippen molar-refractivity contribution in [2.24, 2.45) is 0 Å². The third kappa shape index (κ3) is 4.26. The van der Waals surface area contributed by atoms with E-state index in [1.165, 1.54) is 44.6 Å². The fourth-order valence-electron chi connectivity index (χ4n) is 3.86. The molecular formula is C21H16Cl2F3N3O5. The number of ether oxygens (including phenoxy) is 3. The van der Waals surface area contributed by atoms with Gasteiger partial charge in [0.2, 0.25) is 5.82 Å². The quantitative estimate of drug-likeness (QED) is 0.493. The topological polar surface area (TPSA) is 95.7 Å². The summed E-state index contributed by atoms with van der Waals surface area (Å²) in [6.07, 6.45) is -8.13. The molecule has 2 aromatic carbocycles. The summed E-state index contributed by atoms with van der Waals surface area (Å²) in [4.78, 5) is 11.6. The number of alkyl halides is 3. The van der Waals surface area contributed by atoms with Crippen LogP contribution in [-0.4, -0.2) is 40.1 Å². The molecule has 1 aromatic heterocycles. The highest BCUT2D eigenvalue weighted by Crippen LogP contribution is 2.48. The highest BCUT2D eigenvalue weighted by atomic mass is 35.5. The van der Waals surface area contributed by atoms with Gasteiger partial charge in [-0.25, -0.2) is 0 Å². The number of aromatic nitrogens is 3. The van der Waals surface area contributed by atoms with Gasteiger partial charge in [-0.2, -0.15) is 13.2 Å². The number of hydrogen-bond donors (Lipinski definition) is 1. The van der Waals surface area contributed by atoms with Crippen molar-refractivity contribution in [2.75, 3.05) is 14.2 Å². The van der Waals surface area contributed by atoms with Crippen molar-refractivity contribution in [3.05, 3.63) is 63.2 Å². The van der Waals surface area contributed by atoms with Gasteiger partial charge in [0.05, 0.1) is 26.3 Å². The Kier molecular flexibility index (Phi) is 6.36. The summed E-state index contributed by atoms with van der Waals surface area (Å²) < 4.78 is 59.2. The minimum atomic E-state index is -4.88. The first kappa shape index (κ1) is 24.1. The molecule has 34 heavy (non-hydrogen) atoms. The Morgan fingerprint density at radius 3 is 2.44 bits per heavy atom. The standard InChI is InChI=1S/C21H16Cl2F3N3O5/c1-32-14-7-10(23)6-12(18(14)33-2)17-11-5-9(22)3-4-13(11)29-19(15(34-17)8-16(30)31)27-28-20(29)21(24,25)26/h3-7,15,17H,8H2,1-2H3,(H,30,31)/t15-,17+/m1/s1. The van der Waals surface area contributed by atoms with Crippen LogP contribution in [0.3, 0.4) is 0 Å². The third-order valence-corrected chi connectivity index (χ3v) is 5.61. The van der Waals surface area contributed by atoms with Crippen LogP contribution in [-0.2, 0) is 15.7 Å². The van der Waals surface area contributed by atoms with Crippen LogP contribution in [0.4, 0.5) is 13.2 Å². The third-order valence-electron chi connectivity index (χ3n) is 5.16. The molecule has 0 fully saturated rings. The van der Waals surface area contributed by atoms with Gasteiger partial charge in [-0.3, -0.25) is 9.36 Å². The van der Waals surface area contributed by atoms with Gasteiger partial charge in [-0.15, -0.1) is 10.2 Å². The molecule has 0 unspecified atom stereocenters. The van der Waals surface area contributed by atoms with Crippen molar-refractivity contribution in [1.29, 1.82) is 0 Å². The second-order valence-electron chi connectivity index (χ2n) is 7.25. The van der Waals surface area contributed by atoms with Gasteiger partial charge in [0, 0.05) is 27.2 Å². The lowest BCUT2D eigenvalue weighted by molar-refractivity contribution is -0.146. The van der Waals surface area contributed by atoms with Crippen LogP contribution in [0.2, 0.25) is 10.0 Å². The summed E-state index contributed by atoms with van der Waals surface area (Å²) in [7, 11) is 2.76. The number of benzene rings is 2. The van der Waals surface area contributed by atoms with E-state index >= 15 is 0 Å². The van der Waals surface area contributed by atoms with Gasteiger partial charge in [-0.05, 0) is 24.3 Å². The summed E-state index contributed by atoms with van der Waals surface area (Å²) in [5.41, 5.74) is 0.489.